The Morgan fingerprint density at radius 3 is 2.07 bits per heavy atom. The van der Waals surface area contributed by atoms with E-state index in [-0.39, 0.29) is 5.84 Å². The van der Waals surface area contributed by atoms with Gasteiger partial charge in [-0.25, -0.2) is 0 Å². The minimum Gasteiger partial charge on any atom is -0.497 e. The Balaban J connectivity index is 3.17. The minimum atomic E-state index is 0.0159. The van der Waals surface area contributed by atoms with Gasteiger partial charge >= 0.3 is 0 Å². The summed E-state index contributed by atoms with van der Waals surface area (Å²) in [5, 5.41) is 11.4. The Kier molecular flexibility index (Phi) is 3.17. The SMILES string of the molecule is COc1cc(OC)cc(C(N)=NO)c1. The van der Waals surface area contributed by atoms with Gasteiger partial charge in [-0.3, -0.25) is 0 Å². The molecule has 1 aromatic rings. The van der Waals surface area contributed by atoms with Crippen molar-refractivity contribution in [3.8, 4) is 11.5 Å². The highest BCUT2D eigenvalue weighted by Crippen LogP contribution is 2.22. The zero-order valence-electron chi connectivity index (χ0n) is 8.02. The molecule has 0 bridgehead atoms. The fourth-order valence-electron chi connectivity index (χ4n) is 1.01. The van der Waals surface area contributed by atoms with Crippen molar-refractivity contribution in [1.82, 2.24) is 0 Å². The number of hydrogen-bond acceptors (Lipinski definition) is 4. The average Bonchev–Trinajstić information content (AvgIpc) is 2.27. The summed E-state index contributed by atoms with van der Waals surface area (Å²) in [7, 11) is 3.07. The van der Waals surface area contributed by atoms with Crippen molar-refractivity contribution >= 4 is 5.84 Å². The van der Waals surface area contributed by atoms with Crippen molar-refractivity contribution in [3.63, 3.8) is 0 Å². The molecule has 0 saturated heterocycles. The number of benzene rings is 1. The highest BCUT2D eigenvalue weighted by Gasteiger charge is 2.04. The van der Waals surface area contributed by atoms with Gasteiger partial charge in [0.1, 0.15) is 11.5 Å². The average molecular weight is 196 g/mol. The number of oxime groups is 1. The molecule has 0 heterocycles. The number of nitrogens with zero attached hydrogens (tertiary/aromatic N) is 1. The molecular formula is C9H12N2O3. The van der Waals surface area contributed by atoms with Crippen molar-refractivity contribution < 1.29 is 14.7 Å². The van der Waals surface area contributed by atoms with E-state index in [0.29, 0.717) is 17.1 Å². The first-order chi connectivity index (χ1) is 6.71. The van der Waals surface area contributed by atoms with E-state index in [1.165, 1.54) is 14.2 Å². The van der Waals surface area contributed by atoms with E-state index in [9.17, 15) is 0 Å². The zero-order valence-corrected chi connectivity index (χ0v) is 8.02. The van der Waals surface area contributed by atoms with Crippen LogP contribution in [0.4, 0.5) is 0 Å². The third kappa shape index (κ3) is 2.07. The number of hydrogen-bond donors (Lipinski definition) is 2. The van der Waals surface area contributed by atoms with Gasteiger partial charge in [0, 0.05) is 11.6 Å². The van der Waals surface area contributed by atoms with Crippen molar-refractivity contribution in [2.75, 3.05) is 14.2 Å². The number of ether oxygens (including phenoxy) is 2. The van der Waals surface area contributed by atoms with Crippen LogP contribution < -0.4 is 15.2 Å². The van der Waals surface area contributed by atoms with Gasteiger partial charge in [-0.2, -0.15) is 0 Å². The van der Waals surface area contributed by atoms with Gasteiger partial charge < -0.3 is 20.4 Å². The van der Waals surface area contributed by atoms with Crippen LogP contribution in [0, 0.1) is 0 Å². The lowest BCUT2D eigenvalue weighted by Crippen LogP contribution is -2.13. The van der Waals surface area contributed by atoms with Crippen LogP contribution in [-0.4, -0.2) is 25.3 Å². The summed E-state index contributed by atoms with van der Waals surface area (Å²) in [6.45, 7) is 0. The summed E-state index contributed by atoms with van der Waals surface area (Å²) in [5.41, 5.74) is 5.98. The van der Waals surface area contributed by atoms with Crippen LogP contribution in [0.1, 0.15) is 5.56 Å². The van der Waals surface area contributed by atoms with E-state index in [1.54, 1.807) is 18.2 Å². The lowest BCUT2D eigenvalue weighted by Gasteiger charge is -2.06. The van der Waals surface area contributed by atoms with Gasteiger partial charge in [0.2, 0.25) is 0 Å². The van der Waals surface area contributed by atoms with Gasteiger partial charge in [0.05, 0.1) is 14.2 Å². The summed E-state index contributed by atoms with van der Waals surface area (Å²) < 4.78 is 10.0. The Morgan fingerprint density at radius 2 is 1.71 bits per heavy atom. The van der Waals surface area contributed by atoms with Crippen LogP contribution in [-0.2, 0) is 0 Å². The van der Waals surface area contributed by atoms with Gasteiger partial charge in [-0.15, -0.1) is 0 Å². The summed E-state index contributed by atoms with van der Waals surface area (Å²) in [6.07, 6.45) is 0. The quantitative estimate of drug-likeness (QED) is 0.324. The van der Waals surface area contributed by atoms with Gasteiger partial charge in [0.25, 0.3) is 0 Å². The van der Waals surface area contributed by atoms with E-state index in [1.807, 2.05) is 0 Å². The molecule has 0 saturated carbocycles. The normalized spacial score (nSPS) is 11.1. The molecule has 0 spiro atoms. The molecule has 0 aliphatic carbocycles. The minimum absolute atomic E-state index is 0.0159. The fraction of sp³-hybridized carbons (Fsp3) is 0.222. The van der Waals surface area contributed by atoms with Crippen LogP contribution in [0.2, 0.25) is 0 Å². The zero-order chi connectivity index (χ0) is 10.6. The van der Waals surface area contributed by atoms with E-state index in [0.717, 1.165) is 0 Å². The van der Waals surface area contributed by atoms with Crippen LogP contribution in [0.25, 0.3) is 0 Å². The van der Waals surface area contributed by atoms with E-state index >= 15 is 0 Å². The molecule has 0 aromatic heterocycles. The maximum atomic E-state index is 8.50. The second-order valence-electron chi connectivity index (χ2n) is 2.59. The molecule has 0 aliphatic heterocycles. The molecule has 0 fully saturated rings. The molecule has 76 valence electrons. The standard InChI is InChI=1S/C9H12N2O3/c1-13-7-3-6(9(10)11-12)4-8(5-7)14-2/h3-5,12H,1-2H3,(H2,10,11). The molecule has 14 heavy (non-hydrogen) atoms. The largest absolute Gasteiger partial charge is 0.497 e. The molecule has 5 heteroatoms. The fourth-order valence-corrected chi connectivity index (χ4v) is 1.01. The summed E-state index contributed by atoms with van der Waals surface area (Å²) >= 11 is 0. The monoisotopic (exact) mass is 196 g/mol. The lowest BCUT2D eigenvalue weighted by atomic mass is 10.2. The second-order valence-corrected chi connectivity index (χ2v) is 2.59. The molecule has 1 aromatic carbocycles. The third-order valence-electron chi connectivity index (χ3n) is 1.75. The smallest absolute Gasteiger partial charge is 0.170 e. The maximum absolute atomic E-state index is 8.50. The van der Waals surface area contributed by atoms with Crippen LogP contribution in [0.15, 0.2) is 23.4 Å². The Morgan fingerprint density at radius 1 is 1.21 bits per heavy atom. The molecular weight excluding hydrogens is 184 g/mol. The second kappa shape index (κ2) is 4.36. The molecule has 0 unspecified atom stereocenters. The van der Waals surface area contributed by atoms with Crippen LogP contribution >= 0.6 is 0 Å². The number of nitrogens with two attached hydrogens (primary N) is 1. The van der Waals surface area contributed by atoms with Crippen LogP contribution in [0.5, 0.6) is 11.5 Å². The first kappa shape index (κ1) is 10.2. The number of amidine groups is 1. The number of methoxy groups -OCH3 is 2. The van der Waals surface area contributed by atoms with Gasteiger partial charge in [-0.05, 0) is 12.1 Å². The predicted molar refractivity (Wildman–Crippen MR) is 52.1 cm³/mol. The Bertz CT molecular complexity index is 328. The van der Waals surface area contributed by atoms with Crippen molar-refractivity contribution in [3.05, 3.63) is 23.8 Å². The van der Waals surface area contributed by atoms with Crippen molar-refractivity contribution in [2.45, 2.75) is 0 Å². The number of rotatable bonds is 3. The van der Waals surface area contributed by atoms with Gasteiger partial charge in [-0.1, -0.05) is 5.16 Å². The van der Waals surface area contributed by atoms with E-state index in [2.05, 4.69) is 5.16 Å². The first-order valence-electron chi connectivity index (χ1n) is 3.92. The first-order valence-corrected chi connectivity index (χ1v) is 3.92. The summed E-state index contributed by atoms with van der Waals surface area (Å²) in [6, 6.07) is 5.00. The predicted octanol–water partition coefficient (Wildman–Crippen LogP) is 0.798. The third-order valence-corrected chi connectivity index (χ3v) is 1.75. The topological polar surface area (TPSA) is 77.1 Å². The lowest BCUT2D eigenvalue weighted by molar-refractivity contribution is 0.318. The van der Waals surface area contributed by atoms with Crippen molar-refractivity contribution in [1.29, 1.82) is 0 Å². The Labute approximate surface area is 81.7 Å². The maximum Gasteiger partial charge on any atom is 0.170 e. The molecule has 5 nitrogen and oxygen atoms in total. The highest BCUT2D eigenvalue weighted by atomic mass is 16.5. The molecule has 0 radical (unpaired) electrons. The molecule has 0 atom stereocenters. The van der Waals surface area contributed by atoms with E-state index < -0.39 is 0 Å². The summed E-state index contributed by atoms with van der Waals surface area (Å²) in [4.78, 5) is 0. The van der Waals surface area contributed by atoms with Crippen molar-refractivity contribution in [2.24, 2.45) is 10.9 Å². The van der Waals surface area contributed by atoms with E-state index in [4.69, 9.17) is 20.4 Å². The molecule has 1 rings (SSSR count). The van der Waals surface area contributed by atoms with Gasteiger partial charge in [0.15, 0.2) is 5.84 Å². The Hall–Kier alpha value is -1.91. The molecule has 0 amide bonds. The highest BCUT2D eigenvalue weighted by molar-refractivity contribution is 5.97. The molecule has 0 aliphatic rings. The molecule has 3 N–H and O–H groups in total. The van der Waals surface area contributed by atoms with Crippen LogP contribution in [0.3, 0.4) is 0 Å². The summed E-state index contributed by atoms with van der Waals surface area (Å²) in [5.74, 6) is 1.19.